The molecule has 3 aromatic heterocycles. The predicted octanol–water partition coefficient (Wildman–Crippen LogP) is 3.38. The lowest BCUT2D eigenvalue weighted by molar-refractivity contribution is 0.102. The highest BCUT2D eigenvalue weighted by Crippen LogP contribution is 2.19. The van der Waals surface area contributed by atoms with Crippen molar-refractivity contribution in [1.82, 2.24) is 24.4 Å². The largest absolute Gasteiger partial charge is 0.304 e. The van der Waals surface area contributed by atoms with Crippen LogP contribution >= 0.6 is 0 Å². The molecule has 0 spiro atoms. The van der Waals surface area contributed by atoms with Crippen LogP contribution in [0.2, 0.25) is 0 Å². The van der Waals surface area contributed by atoms with Crippen molar-refractivity contribution >= 4 is 28.1 Å². The van der Waals surface area contributed by atoms with E-state index in [1.54, 1.807) is 35.1 Å². The van der Waals surface area contributed by atoms with Gasteiger partial charge in [0.2, 0.25) is 0 Å². The Labute approximate surface area is 160 Å². The monoisotopic (exact) mass is 368 g/mol. The van der Waals surface area contributed by atoms with Crippen LogP contribution in [0.15, 0.2) is 79.3 Å². The van der Waals surface area contributed by atoms with Gasteiger partial charge in [0.15, 0.2) is 17.2 Å². The fraction of sp³-hybridized carbons (Fsp3) is 0.0476. The van der Waals surface area contributed by atoms with Crippen LogP contribution in [0.3, 0.4) is 0 Å². The molecule has 5 aromatic rings. The van der Waals surface area contributed by atoms with E-state index in [1.165, 1.54) is 16.3 Å². The van der Waals surface area contributed by atoms with Crippen LogP contribution in [-0.4, -0.2) is 30.3 Å². The zero-order valence-electron chi connectivity index (χ0n) is 14.9. The average molecular weight is 368 g/mol. The van der Waals surface area contributed by atoms with Crippen LogP contribution in [0, 0.1) is 0 Å². The van der Waals surface area contributed by atoms with Crippen molar-refractivity contribution in [1.29, 1.82) is 0 Å². The molecule has 0 atom stereocenters. The summed E-state index contributed by atoms with van der Waals surface area (Å²) < 4.78 is 3.37. The van der Waals surface area contributed by atoms with E-state index in [2.05, 4.69) is 44.8 Å². The summed E-state index contributed by atoms with van der Waals surface area (Å²) in [6.07, 6.45) is 5.26. The molecule has 0 bridgehead atoms. The van der Waals surface area contributed by atoms with Gasteiger partial charge in [0.05, 0.1) is 6.54 Å². The van der Waals surface area contributed by atoms with Crippen LogP contribution in [0.5, 0.6) is 0 Å². The molecule has 0 fully saturated rings. The number of nitrogens with zero attached hydrogens (tertiary/aromatic N) is 5. The van der Waals surface area contributed by atoms with Gasteiger partial charge in [0, 0.05) is 30.7 Å². The summed E-state index contributed by atoms with van der Waals surface area (Å²) in [5.74, 6) is 0.163. The summed E-state index contributed by atoms with van der Waals surface area (Å²) in [5.41, 5.74) is 2.09. The fourth-order valence-corrected chi connectivity index (χ4v) is 3.24. The lowest BCUT2D eigenvalue weighted by Crippen LogP contribution is -2.13. The minimum Gasteiger partial charge on any atom is -0.304 e. The van der Waals surface area contributed by atoms with Crippen molar-refractivity contribution < 1.29 is 4.79 Å². The van der Waals surface area contributed by atoms with E-state index >= 15 is 0 Å². The van der Waals surface area contributed by atoms with E-state index in [-0.39, 0.29) is 5.91 Å². The third-order valence-electron chi connectivity index (χ3n) is 4.56. The number of benzene rings is 2. The Morgan fingerprint density at radius 3 is 2.79 bits per heavy atom. The predicted molar refractivity (Wildman–Crippen MR) is 106 cm³/mol. The van der Waals surface area contributed by atoms with Gasteiger partial charge < -0.3 is 5.32 Å². The maximum Gasteiger partial charge on any atom is 0.277 e. The standard InChI is InChI=1S/C21H16N6O/c28-21(18-13-20-22-10-4-11-27(20)24-18)23-19-9-12-26(25-19)14-16-7-3-6-15-5-1-2-8-17(15)16/h1-13H,14H2,(H,23,25,28). The molecule has 0 aliphatic heterocycles. The van der Waals surface area contributed by atoms with Crippen molar-refractivity contribution in [3.05, 3.63) is 90.5 Å². The van der Waals surface area contributed by atoms with Gasteiger partial charge in [-0.2, -0.15) is 10.2 Å². The highest BCUT2D eigenvalue weighted by molar-refractivity contribution is 6.02. The van der Waals surface area contributed by atoms with Crippen LogP contribution in [0.1, 0.15) is 16.1 Å². The van der Waals surface area contributed by atoms with Crippen molar-refractivity contribution in [2.75, 3.05) is 5.32 Å². The normalized spacial score (nSPS) is 11.1. The number of nitrogens with one attached hydrogen (secondary N) is 1. The molecule has 7 heteroatoms. The molecule has 5 rings (SSSR count). The molecule has 0 saturated heterocycles. The van der Waals surface area contributed by atoms with E-state index in [1.807, 2.05) is 29.1 Å². The molecule has 136 valence electrons. The molecule has 0 aliphatic rings. The molecule has 1 N–H and O–H groups in total. The first kappa shape index (κ1) is 16.2. The highest BCUT2D eigenvalue weighted by atomic mass is 16.2. The first-order valence-corrected chi connectivity index (χ1v) is 8.88. The summed E-state index contributed by atoms with van der Waals surface area (Å²) in [6.45, 7) is 0.621. The third-order valence-corrected chi connectivity index (χ3v) is 4.56. The Balaban J connectivity index is 1.35. The Hall–Kier alpha value is -4.00. The second kappa shape index (κ2) is 6.62. The quantitative estimate of drug-likeness (QED) is 0.528. The van der Waals surface area contributed by atoms with Gasteiger partial charge in [-0.3, -0.25) is 9.48 Å². The number of hydrogen-bond acceptors (Lipinski definition) is 4. The molecule has 1 amide bonds. The Kier molecular flexibility index (Phi) is 3.83. The summed E-state index contributed by atoms with van der Waals surface area (Å²) >= 11 is 0. The highest BCUT2D eigenvalue weighted by Gasteiger charge is 2.13. The van der Waals surface area contributed by atoms with Crippen LogP contribution in [0.25, 0.3) is 16.4 Å². The lowest BCUT2D eigenvalue weighted by Gasteiger charge is -2.06. The number of rotatable bonds is 4. The van der Waals surface area contributed by atoms with Crippen LogP contribution in [0.4, 0.5) is 5.82 Å². The van der Waals surface area contributed by atoms with Crippen LogP contribution < -0.4 is 5.32 Å². The molecular formula is C21H16N6O. The van der Waals surface area contributed by atoms with Gasteiger partial charge in [0.25, 0.3) is 5.91 Å². The Morgan fingerprint density at radius 1 is 0.964 bits per heavy atom. The van der Waals surface area contributed by atoms with Gasteiger partial charge in [-0.1, -0.05) is 42.5 Å². The summed E-state index contributed by atoms with van der Waals surface area (Å²) in [5, 5.41) is 13.9. The number of carbonyl (C=O) groups excluding carboxylic acids is 1. The molecule has 0 radical (unpaired) electrons. The van der Waals surface area contributed by atoms with E-state index in [0.717, 1.165) is 0 Å². The molecule has 0 aliphatic carbocycles. The van der Waals surface area contributed by atoms with Crippen molar-refractivity contribution in [3.63, 3.8) is 0 Å². The summed E-state index contributed by atoms with van der Waals surface area (Å²) in [6, 6.07) is 19.7. The topological polar surface area (TPSA) is 77.1 Å². The van der Waals surface area contributed by atoms with Gasteiger partial charge in [-0.05, 0) is 22.4 Å². The van der Waals surface area contributed by atoms with Gasteiger partial charge in [-0.15, -0.1) is 0 Å². The number of fused-ring (bicyclic) bond motifs is 2. The van der Waals surface area contributed by atoms with E-state index in [4.69, 9.17) is 0 Å². The summed E-state index contributed by atoms with van der Waals surface area (Å²) in [7, 11) is 0. The van der Waals surface area contributed by atoms with Crippen molar-refractivity contribution in [3.8, 4) is 0 Å². The minimum atomic E-state index is -0.319. The zero-order chi connectivity index (χ0) is 18.9. The van der Waals surface area contributed by atoms with Gasteiger partial charge >= 0.3 is 0 Å². The second-order valence-corrected chi connectivity index (χ2v) is 6.44. The first-order chi connectivity index (χ1) is 13.8. The Morgan fingerprint density at radius 2 is 1.86 bits per heavy atom. The van der Waals surface area contributed by atoms with E-state index in [0.29, 0.717) is 23.7 Å². The van der Waals surface area contributed by atoms with E-state index in [9.17, 15) is 4.79 Å². The summed E-state index contributed by atoms with van der Waals surface area (Å²) in [4.78, 5) is 16.6. The smallest absolute Gasteiger partial charge is 0.277 e. The van der Waals surface area contributed by atoms with Gasteiger partial charge in [0.1, 0.15) is 0 Å². The number of anilines is 1. The fourth-order valence-electron chi connectivity index (χ4n) is 3.24. The number of aromatic nitrogens is 5. The Bertz CT molecular complexity index is 1260. The minimum absolute atomic E-state index is 0.294. The number of amides is 1. The number of hydrogen-bond donors (Lipinski definition) is 1. The first-order valence-electron chi connectivity index (χ1n) is 8.88. The molecule has 0 unspecified atom stereocenters. The molecule has 7 nitrogen and oxygen atoms in total. The average Bonchev–Trinajstić information content (AvgIpc) is 3.35. The molecular weight excluding hydrogens is 352 g/mol. The number of carbonyl (C=O) groups is 1. The third kappa shape index (κ3) is 2.99. The van der Waals surface area contributed by atoms with E-state index < -0.39 is 0 Å². The van der Waals surface area contributed by atoms with Gasteiger partial charge in [-0.25, -0.2) is 9.50 Å². The maximum atomic E-state index is 12.5. The van der Waals surface area contributed by atoms with Crippen molar-refractivity contribution in [2.24, 2.45) is 0 Å². The molecule has 0 saturated carbocycles. The SMILES string of the molecule is O=C(Nc1ccn(Cc2cccc3ccccc23)n1)c1cc2ncccn2n1. The second-order valence-electron chi connectivity index (χ2n) is 6.44. The molecule has 3 heterocycles. The molecule has 2 aromatic carbocycles. The van der Waals surface area contributed by atoms with Crippen molar-refractivity contribution in [2.45, 2.75) is 6.54 Å². The van der Waals surface area contributed by atoms with Crippen LogP contribution in [-0.2, 0) is 6.54 Å². The zero-order valence-corrected chi connectivity index (χ0v) is 14.9. The maximum absolute atomic E-state index is 12.5. The lowest BCUT2D eigenvalue weighted by atomic mass is 10.0. The molecule has 28 heavy (non-hydrogen) atoms.